The first kappa shape index (κ1) is 14.6. The molecule has 1 aromatic heterocycles. The monoisotopic (exact) mass is 294 g/mol. The van der Waals surface area contributed by atoms with Crippen LogP contribution in [0.4, 0.5) is 18.3 Å². The van der Waals surface area contributed by atoms with Gasteiger partial charge in [0.05, 0.1) is 17.2 Å². The molecule has 0 bridgehead atoms. The second-order valence-electron chi connectivity index (χ2n) is 5.09. The minimum absolute atomic E-state index is 0.0562. The average molecular weight is 294 g/mol. The van der Waals surface area contributed by atoms with Gasteiger partial charge in [-0.05, 0) is 18.8 Å². The fourth-order valence-corrected chi connectivity index (χ4v) is 3.12. The zero-order valence-corrected chi connectivity index (χ0v) is 11.7. The van der Waals surface area contributed by atoms with Crippen LogP contribution in [0.3, 0.4) is 0 Å². The quantitative estimate of drug-likeness (QED) is 0.905. The maximum atomic E-state index is 12.6. The number of hydrogen-bond acceptors (Lipinski definition) is 4. The number of alkyl halides is 3. The van der Waals surface area contributed by atoms with Gasteiger partial charge in [0.25, 0.3) is 0 Å². The van der Waals surface area contributed by atoms with Crippen LogP contribution in [0.2, 0.25) is 0 Å². The van der Waals surface area contributed by atoms with Gasteiger partial charge in [0.15, 0.2) is 5.13 Å². The zero-order valence-electron chi connectivity index (χ0n) is 10.9. The van der Waals surface area contributed by atoms with Gasteiger partial charge in [0.1, 0.15) is 6.54 Å². The van der Waals surface area contributed by atoms with Gasteiger partial charge < -0.3 is 10.0 Å². The molecule has 0 atom stereocenters. The Labute approximate surface area is 114 Å². The molecule has 0 unspecified atom stereocenters. The summed E-state index contributed by atoms with van der Waals surface area (Å²) >= 11 is 1.17. The van der Waals surface area contributed by atoms with Gasteiger partial charge in [-0.25, -0.2) is 4.98 Å². The minimum Gasteiger partial charge on any atom is -0.391 e. The van der Waals surface area contributed by atoms with Crippen LogP contribution in [-0.4, -0.2) is 28.9 Å². The van der Waals surface area contributed by atoms with Gasteiger partial charge in [-0.1, -0.05) is 25.2 Å². The zero-order chi connectivity index (χ0) is 14.2. The molecule has 19 heavy (non-hydrogen) atoms. The van der Waals surface area contributed by atoms with Crippen LogP contribution < -0.4 is 4.90 Å². The number of anilines is 1. The molecule has 7 heteroatoms. The van der Waals surface area contributed by atoms with E-state index in [1.807, 2.05) is 13.8 Å². The molecule has 0 amide bonds. The summed E-state index contributed by atoms with van der Waals surface area (Å²) in [6, 6.07) is -0.0562. The molecular weight excluding hydrogens is 277 g/mol. The van der Waals surface area contributed by atoms with E-state index in [4.69, 9.17) is 0 Å². The number of rotatable bonds is 5. The predicted octanol–water partition coefficient (Wildman–Crippen LogP) is 3.29. The van der Waals surface area contributed by atoms with E-state index in [0.29, 0.717) is 15.7 Å². The van der Waals surface area contributed by atoms with Crippen molar-refractivity contribution in [2.45, 2.75) is 51.4 Å². The van der Waals surface area contributed by atoms with Gasteiger partial charge in [-0.15, -0.1) is 0 Å². The minimum atomic E-state index is -4.23. The van der Waals surface area contributed by atoms with Crippen molar-refractivity contribution in [1.29, 1.82) is 0 Å². The lowest BCUT2D eigenvalue weighted by Gasteiger charge is -2.22. The lowest BCUT2D eigenvalue weighted by atomic mass is 10.1. The second kappa shape index (κ2) is 5.28. The number of aliphatic hydroxyl groups is 1. The first-order chi connectivity index (χ1) is 8.81. The Morgan fingerprint density at radius 3 is 2.42 bits per heavy atom. The molecule has 1 aliphatic rings. The van der Waals surface area contributed by atoms with E-state index in [1.165, 1.54) is 16.2 Å². The molecule has 1 aliphatic carbocycles. The maximum absolute atomic E-state index is 12.6. The summed E-state index contributed by atoms with van der Waals surface area (Å²) in [4.78, 5) is 6.30. The molecule has 0 saturated heterocycles. The van der Waals surface area contributed by atoms with Crippen molar-refractivity contribution in [2.24, 2.45) is 0 Å². The second-order valence-corrected chi connectivity index (χ2v) is 6.15. The molecule has 0 aliphatic heterocycles. The Hall–Kier alpha value is -0.820. The van der Waals surface area contributed by atoms with Gasteiger partial charge in [0, 0.05) is 6.04 Å². The van der Waals surface area contributed by atoms with Gasteiger partial charge in [0.2, 0.25) is 0 Å². The number of halogens is 3. The topological polar surface area (TPSA) is 36.4 Å². The lowest BCUT2D eigenvalue weighted by molar-refractivity contribution is -0.120. The Balaban J connectivity index is 2.26. The van der Waals surface area contributed by atoms with Gasteiger partial charge in [-0.3, -0.25) is 0 Å². The normalized spacial score (nSPS) is 16.2. The summed E-state index contributed by atoms with van der Waals surface area (Å²) in [5.41, 5.74) is 0.704. The molecule has 108 valence electrons. The van der Waals surface area contributed by atoms with E-state index in [1.54, 1.807) is 0 Å². The van der Waals surface area contributed by atoms with E-state index >= 15 is 0 Å². The first-order valence-corrected chi connectivity index (χ1v) is 7.07. The van der Waals surface area contributed by atoms with Crippen molar-refractivity contribution in [3.63, 3.8) is 0 Å². The third-order valence-electron chi connectivity index (χ3n) is 2.99. The van der Waals surface area contributed by atoms with Crippen LogP contribution in [-0.2, 0) is 6.61 Å². The van der Waals surface area contributed by atoms with Crippen LogP contribution in [0.15, 0.2) is 0 Å². The van der Waals surface area contributed by atoms with E-state index in [9.17, 15) is 18.3 Å². The summed E-state index contributed by atoms with van der Waals surface area (Å²) < 4.78 is 37.8. The summed E-state index contributed by atoms with van der Waals surface area (Å²) in [6.45, 7) is 2.70. The lowest BCUT2D eigenvalue weighted by Crippen LogP contribution is -2.35. The largest absolute Gasteiger partial charge is 0.406 e. The fraction of sp³-hybridized carbons (Fsp3) is 0.750. The number of thiazole rings is 1. The molecule has 2 rings (SSSR count). The highest BCUT2D eigenvalue weighted by Crippen LogP contribution is 2.38. The van der Waals surface area contributed by atoms with Crippen molar-refractivity contribution in [3.8, 4) is 0 Å². The number of hydrogen-bond donors (Lipinski definition) is 1. The summed E-state index contributed by atoms with van der Waals surface area (Å²) in [5, 5.41) is 9.66. The summed E-state index contributed by atoms with van der Waals surface area (Å²) in [7, 11) is 0. The van der Waals surface area contributed by atoms with Crippen LogP contribution in [0.25, 0.3) is 0 Å². The van der Waals surface area contributed by atoms with Crippen molar-refractivity contribution in [1.82, 2.24) is 4.98 Å². The Bertz CT molecular complexity index is 441. The van der Waals surface area contributed by atoms with Gasteiger partial charge in [-0.2, -0.15) is 13.2 Å². The molecule has 1 saturated carbocycles. The molecule has 1 aromatic rings. The molecule has 1 fully saturated rings. The number of aliphatic hydroxyl groups excluding tert-OH is 1. The third kappa shape index (κ3) is 3.60. The van der Waals surface area contributed by atoms with E-state index in [-0.39, 0.29) is 18.6 Å². The molecule has 0 radical (unpaired) electrons. The Morgan fingerprint density at radius 1 is 1.42 bits per heavy atom. The van der Waals surface area contributed by atoms with E-state index in [0.717, 1.165) is 12.8 Å². The highest BCUT2D eigenvalue weighted by atomic mass is 32.1. The van der Waals surface area contributed by atoms with Crippen LogP contribution >= 0.6 is 11.3 Å². The Morgan fingerprint density at radius 2 is 2.05 bits per heavy atom. The molecular formula is C12H17F3N2OS. The van der Waals surface area contributed by atoms with Crippen molar-refractivity contribution in [3.05, 3.63) is 10.6 Å². The standard InChI is InChI=1S/C12H17F3N2OS/c1-7(2)10-9(5-18)19-11(16-10)17(8-3-4-8)6-12(13,14)15/h7-8,18H,3-6H2,1-2H3. The SMILES string of the molecule is CC(C)c1nc(N(CC(F)(F)F)C2CC2)sc1CO. The number of aromatic nitrogens is 1. The van der Waals surface area contributed by atoms with E-state index < -0.39 is 12.7 Å². The smallest absolute Gasteiger partial charge is 0.391 e. The highest BCUT2D eigenvalue weighted by molar-refractivity contribution is 7.15. The van der Waals surface area contributed by atoms with E-state index in [2.05, 4.69) is 4.98 Å². The van der Waals surface area contributed by atoms with Crippen molar-refractivity contribution in [2.75, 3.05) is 11.4 Å². The summed E-state index contributed by atoms with van der Waals surface area (Å²) in [5.74, 6) is 0.0964. The van der Waals surface area contributed by atoms with Crippen LogP contribution in [0.1, 0.15) is 43.2 Å². The molecule has 3 nitrogen and oxygen atoms in total. The van der Waals surface area contributed by atoms with Crippen LogP contribution in [0, 0.1) is 0 Å². The summed E-state index contributed by atoms with van der Waals surface area (Å²) in [6.07, 6.45) is -2.67. The molecule has 1 heterocycles. The molecule has 1 N–H and O–H groups in total. The fourth-order valence-electron chi connectivity index (χ4n) is 1.97. The third-order valence-corrected chi connectivity index (χ3v) is 4.08. The maximum Gasteiger partial charge on any atom is 0.406 e. The molecule has 0 spiro atoms. The predicted molar refractivity (Wildman–Crippen MR) is 68.5 cm³/mol. The van der Waals surface area contributed by atoms with Crippen molar-refractivity contribution >= 4 is 16.5 Å². The Kier molecular flexibility index (Phi) is 4.06. The average Bonchev–Trinajstić information content (AvgIpc) is 3.03. The van der Waals surface area contributed by atoms with Gasteiger partial charge >= 0.3 is 6.18 Å². The molecule has 0 aromatic carbocycles. The number of nitrogens with zero attached hydrogens (tertiary/aromatic N) is 2. The van der Waals surface area contributed by atoms with Crippen LogP contribution in [0.5, 0.6) is 0 Å². The van der Waals surface area contributed by atoms with Crippen molar-refractivity contribution < 1.29 is 18.3 Å². The highest BCUT2D eigenvalue weighted by Gasteiger charge is 2.39. The first-order valence-electron chi connectivity index (χ1n) is 6.25.